The first-order chi connectivity index (χ1) is 8.99. The molecule has 1 fully saturated rings. The van der Waals surface area contributed by atoms with Crippen LogP contribution in [0.25, 0.3) is 0 Å². The first kappa shape index (κ1) is 14.3. The minimum Gasteiger partial charge on any atom is -0.481 e. The van der Waals surface area contributed by atoms with Gasteiger partial charge in [-0.2, -0.15) is 5.10 Å². The molecule has 0 unspecified atom stereocenters. The van der Waals surface area contributed by atoms with Crippen molar-refractivity contribution in [2.24, 2.45) is 13.0 Å². The Balaban J connectivity index is 1.85. The number of hydrogen-bond acceptors (Lipinski definition) is 3. The number of ether oxygens (including phenoxy) is 1. The average Bonchev–Trinajstić information content (AvgIpc) is 2.62. The van der Waals surface area contributed by atoms with Crippen molar-refractivity contribution in [1.29, 1.82) is 0 Å². The molecule has 1 aliphatic carbocycles. The lowest BCUT2D eigenvalue weighted by molar-refractivity contribution is -0.143. The van der Waals surface area contributed by atoms with Gasteiger partial charge >= 0.3 is 5.97 Å². The largest absolute Gasteiger partial charge is 0.481 e. The molecule has 1 saturated carbocycles. The van der Waals surface area contributed by atoms with Gasteiger partial charge in [0.25, 0.3) is 0 Å². The fourth-order valence-corrected chi connectivity index (χ4v) is 2.72. The van der Waals surface area contributed by atoms with E-state index in [9.17, 15) is 4.79 Å². The summed E-state index contributed by atoms with van der Waals surface area (Å²) in [4.78, 5) is 10.9. The topological polar surface area (TPSA) is 64.4 Å². The van der Waals surface area contributed by atoms with Crippen LogP contribution in [-0.4, -0.2) is 27.0 Å². The number of aliphatic carboxylic acids is 1. The Labute approximate surface area is 117 Å². The molecule has 0 spiro atoms. The molecule has 0 atom stereocenters. The fourth-order valence-electron chi connectivity index (χ4n) is 2.51. The number of aryl methyl sites for hydroxylation is 2. The summed E-state index contributed by atoms with van der Waals surface area (Å²) in [5.41, 5.74) is 1.68. The number of nitrogens with zero attached hydrogens (tertiary/aromatic N) is 2. The van der Waals surface area contributed by atoms with E-state index in [1.807, 2.05) is 14.0 Å². The quantitative estimate of drug-likeness (QED) is 0.924. The number of rotatable bonds is 4. The molecule has 19 heavy (non-hydrogen) atoms. The van der Waals surface area contributed by atoms with Gasteiger partial charge in [0.05, 0.1) is 35.0 Å². The van der Waals surface area contributed by atoms with Gasteiger partial charge in [0.2, 0.25) is 0 Å². The SMILES string of the molecule is Cc1nn(C)c(COC2CCC(C(=O)O)CC2)c1Cl. The van der Waals surface area contributed by atoms with Gasteiger partial charge < -0.3 is 9.84 Å². The molecule has 1 aromatic heterocycles. The Hall–Kier alpha value is -1.07. The van der Waals surface area contributed by atoms with Gasteiger partial charge in [-0.25, -0.2) is 0 Å². The second-order valence-electron chi connectivity index (χ2n) is 5.09. The lowest BCUT2D eigenvalue weighted by Gasteiger charge is -2.26. The summed E-state index contributed by atoms with van der Waals surface area (Å²) in [6.07, 6.45) is 3.11. The van der Waals surface area contributed by atoms with Crippen molar-refractivity contribution in [2.75, 3.05) is 0 Å². The van der Waals surface area contributed by atoms with Gasteiger partial charge in [0, 0.05) is 7.05 Å². The molecule has 0 radical (unpaired) electrons. The molecule has 1 N–H and O–H groups in total. The lowest BCUT2D eigenvalue weighted by Crippen LogP contribution is -2.26. The van der Waals surface area contributed by atoms with Crippen LogP contribution in [0.15, 0.2) is 0 Å². The van der Waals surface area contributed by atoms with E-state index in [0.29, 0.717) is 24.5 Å². The van der Waals surface area contributed by atoms with E-state index < -0.39 is 5.97 Å². The van der Waals surface area contributed by atoms with Crippen molar-refractivity contribution >= 4 is 17.6 Å². The summed E-state index contributed by atoms with van der Waals surface area (Å²) < 4.78 is 7.57. The molecule has 0 saturated heterocycles. The van der Waals surface area contributed by atoms with Crippen LogP contribution >= 0.6 is 11.6 Å². The zero-order valence-corrected chi connectivity index (χ0v) is 12.0. The van der Waals surface area contributed by atoms with Crippen LogP contribution in [-0.2, 0) is 23.2 Å². The van der Waals surface area contributed by atoms with Gasteiger partial charge in [0.1, 0.15) is 0 Å². The van der Waals surface area contributed by atoms with Crippen LogP contribution in [0.1, 0.15) is 37.1 Å². The van der Waals surface area contributed by atoms with Crippen LogP contribution < -0.4 is 0 Å². The number of carboxylic acid groups (broad SMARTS) is 1. The fraction of sp³-hybridized carbons (Fsp3) is 0.692. The third kappa shape index (κ3) is 3.28. The van der Waals surface area contributed by atoms with Crippen LogP contribution in [0.5, 0.6) is 0 Å². The number of aromatic nitrogens is 2. The van der Waals surface area contributed by atoms with Gasteiger partial charge in [-0.05, 0) is 32.6 Å². The van der Waals surface area contributed by atoms with Gasteiger partial charge in [-0.15, -0.1) is 0 Å². The Bertz CT molecular complexity index is 465. The van der Waals surface area contributed by atoms with Crippen LogP contribution in [0, 0.1) is 12.8 Å². The first-order valence-electron chi connectivity index (χ1n) is 6.51. The Kier molecular flexibility index (Phi) is 4.47. The molecular weight excluding hydrogens is 268 g/mol. The maximum atomic E-state index is 10.9. The molecule has 5 nitrogen and oxygen atoms in total. The Morgan fingerprint density at radius 1 is 1.47 bits per heavy atom. The number of carboxylic acids is 1. The summed E-state index contributed by atoms with van der Waals surface area (Å²) in [6.45, 7) is 2.29. The van der Waals surface area contributed by atoms with E-state index in [1.54, 1.807) is 4.68 Å². The average molecular weight is 287 g/mol. The molecule has 0 aromatic carbocycles. The molecule has 1 aromatic rings. The number of carbonyl (C=O) groups is 1. The summed E-state index contributed by atoms with van der Waals surface area (Å²) in [7, 11) is 1.85. The first-order valence-corrected chi connectivity index (χ1v) is 6.89. The number of halogens is 1. The highest BCUT2D eigenvalue weighted by molar-refractivity contribution is 6.31. The van der Waals surface area contributed by atoms with Gasteiger partial charge in [-0.1, -0.05) is 11.6 Å². The lowest BCUT2D eigenvalue weighted by atomic mass is 9.87. The van der Waals surface area contributed by atoms with E-state index in [0.717, 1.165) is 24.2 Å². The molecule has 0 bridgehead atoms. The summed E-state index contributed by atoms with van der Waals surface area (Å²) in [6, 6.07) is 0. The third-order valence-corrected chi connectivity index (χ3v) is 4.23. The van der Waals surface area contributed by atoms with E-state index in [-0.39, 0.29) is 12.0 Å². The molecule has 2 rings (SSSR count). The van der Waals surface area contributed by atoms with Crippen molar-refractivity contribution in [3.8, 4) is 0 Å². The minimum atomic E-state index is -0.691. The Morgan fingerprint density at radius 3 is 2.58 bits per heavy atom. The van der Waals surface area contributed by atoms with E-state index >= 15 is 0 Å². The molecule has 1 aliphatic rings. The van der Waals surface area contributed by atoms with E-state index in [2.05, 4.69) is 5.10 Å². The highest BCUT2D eigenvalue weighted by atomic mass is 35.5. The maximum absolute atomic E-state index is 10.9. The predicted octanol–water partition coefficient (Wildman–Crippen LogP) is 2.54. The van der Waals surface area contributed by atoms with Crippen molar-refractivity contribution in [2.45, 2.75) is 45.3 Å². The number of hydrogen-bond donors (Lipinski definition) is 1. The van der Waals surface area contributed by atoms with E-state index in [1.165, 1.54) is 0 Å². The molecular formula is C13H19ClN2O3. The van der Waals surface area contributed by atoms with Crippen LogP contribution in [0.4, 0.5) is 0 Å². The third-order valence-electron chi connectivity index (χ3n) is 3.74. The van der Waals surface area contributed by atoms with Crippen molar-refractivity contribution in [3.05, 3.63) is 16.4 Å². The standard InChI is InChI=1S/C13H19ClN2O3/c1-8-12(14)11(16(2)15-8)7-19-10-5-3-9(4-6-10)13(17)18/h9-10H,3-7H2,1-2H3,(H,17,18). The van der Waals surface area contributed by atoms with Crippen molar-refractivity contribution in [1.82, 2.24) is 9.78 Å². The van der Waals surface area contributed by atoms with Gasteiger partial charge in [0.15, 0.2) is 0 Å². The van der Waals surface area contributed by atoms with Gasteiger partial charge in [-0.3, -0.25) is 9.48 Å². The summed E-state index contributed by atoms with van der Waals surface area (Å²) in [5, 5.41) is 13.8. The summed E-state index contributed by atoms with van der Waals surface area (Å²) in [5.74, 6) is -0.897. The second kappa shape index (κ2) is 5.92. The van der Waals surface area contributed by atoms with E-state index in [4.69, 9.17) is 21.4 Å². The molecule has 1 heterocycles. The molecule has 6 heteroatoms. The predicted molar refractivity (Wildman–Crippen MR) is 71.1 cm³/mol. The highest BCUT2D eigenvalue weighted by Crippen LogP contribution is 2.28. The maximum Gasteiger partial charge on any atom is 0.306 e. The molecule has 0 amide bonds. The summed E-state index contributed by atoms with van der Waals surface area (Å²) >= 11 is 6.16. The molecule has 0 aliphatic heterocycles. The Morgan fingerprint density at radius 2 is 2.11 bits per heavy atom. The second-order valence-corrected chi connectivity index (χ2v) is 5.47. The van der Waals surface area contributed by atoms with Crippen LogP contribution in [0.2, 0.25) is 5.02 Å². The normalized spacial score (nSPS) is 23.5. The van der Waals surface area contributed by atoms with Crippen molar-refractivity contribution < 1.29 is 14.6 Å². The van der Waals surface area contributed by atoms with Crippen molar-refractivity contribution in [3.63, 3.8) is 0 Å². The molecule has 106 valence electrons. The monoisotopic (exact) mass is 286 g/mol. The minimum absolute atomic E-state index is 0.127. The van der Waals surface area contributed by atoms with Crippen LogP contribution in [0.3, 0.4) is 0 Å². The smallest absolute Gasteiger partial charge is 0.306 e. The highest BCUT2D eigenvalue weighted by Gasteiger charge is 2.26. The zero-order chi connectivity index (χ0) is 14.0. The zero-order valence-electron chi connectivity index (χ0n) is 11.2.